The van der Waals surface area contributed by atoms with Crippen molar-refractivity contribution in [3.63, 3.8) is 0 Å². The topological polar surface area (TPSA) is 69.4 Å². The largest absolute Gasteiger partial charge is 0.497 e. The maximum absolute atomic E-state index is 9.88. The van der Waals surface area contributed by atoms with Crippen LogP contribution in [0.2, 0.25) is 0 Å². The predicted octanol–water partition coefficient (Wildman–Crippen LogP) is 1.49. The van der Waals surface area contributed by atoms with Crippen molar-refractivity contribution >= 4 is 11.8 Å². The molecule has 0 saturated carbocycles. The van der Waals surface area contributed by atoms with Gasteiger partial charge in [-0.05, 0) is 17.7 Å². The van der Waals surface area contributed by atoms with Gasteiger partial charge in [0.15, 0.2) is 5.16 Å². The summed E-state index contributed by atoms with van der Waals surface area (Å²) in [6.07, 6.45) is 1.10. The molecule has 0 aliphatic heterocycles. The smallest absolute Gasteiger partial charge is 0.190 e. The number of rotatable bonds is 8. The number of nitrogens with zero attached hydrogens (tertiary/aromatic N) is 3. The average Bonchev–Trinajstić information content (AvgIpc) is 2.91. The minimum atomic E-state index is -0.537. The first-order valence-corrected chi connectivity index (χ1v) is 7.53. The number of aliphatic hydroxyl groups is 1. The lowest BCUT2D eigenvalue weighted by atomic mass is 10.2. The lowest BCUT2D eigenvalue weighted by molar-refractivity contribution is 0.0397. The van der Waals surface area contributed by atoms with E-state index in [9.17, 15) is 5.11 Å². The maximum Gasteiger partial charge on any atom is 0.190 e. The molecule has 1 unspecified atom stereocenters. The third-order valence-corrected chi connectivity index (χ3v) is 3.99. The van der Waals surface area contributed by atoms with Crippen molar-refractivity contribution in [2.45, 2.75) is 17.9 Å². The van der Waals surface area contributed by atoms with Crippen molar-refractivity contribution in [1.82, 2.24) is 14.8 Å². The number of aryl methyl sites for hydroxylation is 1. The van der Waals surface area contributed by atoms with Gasteiger partial charge in [-0.2, -0.15) is 0 Å². The maximum atomic E-state index is 9.88. The predicted molar refractivity (Wildman–Crippen MR) is 80.4 cm³/mol. The second-order valence-corrected chi connectivity index (χ2v) is 5.54. The number of methoxy groups -OCH3 is 1. The summed E-state index contributed by atoms with van der Waals surface area (Å²) in [7, 11) is 3.51. The molecule has 0 aliphatic carbocycles. The van der Waals surface area contributed by atoms with Crippen molar-refractivity contribution < 1.29 is 14.6 Å². The summed E-state index contributed by atoms with van der Waals surface area (Å²) in [5.74, 6) is 1.34. The monoisotopic (exact) mass is 309 g/mol. The molecule has 0 amide bonds. The van der Waals surface area contributed by atoms with Crippen LogP contribution in [0.25, 0.3) is 0 Å². The SMILES string of the molecule is COc1ccc(COCC(O)CSc2nncn2C)cc1. The van der Waals surface area contributed by atoms with Crippen molar-refractivity contribution in [1.29, 1.82) is 0 Å². The Labute approximate surface area is 128 Å². The summed E-state index contributed by atoms with van der Waals surface area (Å²) in [4.78, 5) is 0. The van der Waals surface area contributed by atoms with E-state index in [0.717, 1.165) is 16.5 Å². The number of benzene rings is 1. The molecular formula is C14H19N3O3S. The Morgan fingerprint density at radius 1 is 1.33 bits per heavy atom. The zero-order valence-electron chi connectivity index (χ0n) is 12.1. The van der Waals surface area contributed by atoms with E-state index in [1.54, 1.807) is 13.4 Å². The highest BCUT2D eigenvalue weighted by Crippen LogP contribution is 2.15. The van der Waals surface area contributed by atoms with Crippen LogP contribution in [0.15, 0.2) is 35.7 Å². The first-order valence-electron chi connectivity index (χ1n) is 6.54. The van der Waals surface area contributed by atoms with Gasteiger partial charge in [0.25, 0.3) is 0 Å². The van der Waals surface area contributed by atoms with Gasteiger partial charge in [-0.1, -0.05) is 23.9 Å². The van der Waals surface area contributed by atoms with E-state index in [4.69, 9.17) is 9.47 Å². The third-order valence-electron chi connectivity index (χ3n) is 2.81. The summed E-state index contributed by atoms with van der Waals surface area (Å²) in [6.45, 7) is 0.757. The van der Waals surface area contributed by atoms with Gasteiger partial charge in [-0.25, -0.2) is 0 Å². The van der Waals surface area contributed by atoms with Crippen molar-refractivity contribution in [2.75, 3.05) is 19.5 Å². The molecule has 1 aromatic carbocycles. The minimum absolute atomic E-state index is 0.289. The molecule has 0 fully saturated rings. The number of aliphatic hydroxyl groups excluding tert-OH is 1. The van der Waals surface area contributed by atoms with Gasteiger partial charge in [-0.15, -0.1) is 10.2 Å². The highest BCUT2D eigenvalue weighted by atomic mass is 32.2. The highest BCUT2D eigenvalue weighted by Gasteiger charge is 2.08. The molecule has 6 nitrogen and oxygen atoms in total. The van der Waals surface area contributed by atoms with Gasteiger partial charge in [0.05, 0.1) is 26.4 Å². The Morgan fingerprint density at radius 3 is 2.71 bits per heavy atom. The zero-order chi connectivity index (χ0) is 15.1. The Hall–Kier alpha value is -1.57. The summed E-state index contributed by atoms with van der Waals surface area (Å²) in [5, 5.41) is 18.4. The number of hydrogen-bond donors (Lipinski definition) is 1. The fourth-order valence-corrected chi connectivity index (χ4v) is 2.45. The highest BCUT2D eigenvalue weighted by molar-refractivity contribution is 7.99. The van der Waals surface area contributed by atoms with Crippen LogP contribution >= 0.6 is 11.8 Å². The van der Waals surface area contributed by atoms with Gasteiger partial charge in [-0.3, -0.25) is 0 Å². The first kappa shape index (κ1) is 15.8. The lowest BCUT2D eigenvalue weighted by Crippen LogP contribution is -2.18. The molecule has 1 atom stereocenters. The molecule has 0 saturated heterocycles. The molecule has 2 aromatic rings. The van der Waals surface area contributed by atoms with Crippen LogP contribution in [0.4, 0.5) is 0 Å². The number of hydrogen-bond acceptors (Lipinski definition) is 6. The Morgan fingerprint density at radius 2 is 2.10 bits per heavy atom. The third kappa shape index (κ3) is 5.04. The number of ether oxygens (including phenoxy) is 2. The Bertz CT molecular complexity index is 545. The van der Waals surface area contributed by atoms with Crippen molar-refractivity contribution in [3.05, 3.63) is 36.2 Å². The van der Waals surface area contributed by atoms with Crippen LogP contribution in [0, 0.1) is 0 Å². The first-order chi connectivity index (χ1) is 10.2. The van der Waals surface area contributed by atoms with E-state index in [1.165, 1.54) is 11.8 Å². The molecule has 21 heavy (non-hydrogen) atoms. The van der Waals surface area contributed by atoms with Gasteiger partial charge in [0, 0.05) is 12.8 Å². The van der Waals surface area contributed by atoms with E-state index < -0.39 is 6.10 Å². The quantitative estimate of drug-likeness (QED) is 0.745. The number of aromatic nitrogens is 3. The second kappa shape index (κ2) is 8.02. The standard InChI is InChI=1S/C14H19N3O3S/c1-17-10-15-16-14(17)21-9-12(18)8-20-7-11-3-5-13(19-2)6-4-11/h3-6,10,12,18H,7-9H2,1-2H3. The normalized spacial score (nSPS) is 12.3. The zero-order valence-corrected chi connectivity index (χ0v) is 12.9. The molecule has 0 bridgehead atoms. The van der Waals surface area contributed by atoms with Gasteiger partial charge in [0.1, 0.15) is 12.1 Å². The van der Waals surface area contributed by atoms with Crippen LogP contribution in [0.1, 0.15) is 5.56 Å². The molecule has 7 heteroatoms. The molecule has 1 N–H and O–H groups in total. The van der Waals surface area contributed by atoms with Crippen LogP contribution in [-0.4, -0.2) is 45.4 Å². The molecule has 0 radical (unpaired) electrons. The molecular weight excluding hydrogens is 290 g/mol. The van der Waals surface area contributed by atoms with Crippen molar-refractivity contribution in [3.8, 4) is 5.75 Å². The fraction of sp³-hybridized carbons (Fsp3) is 0.429. The lowest BCUT2D eigenvalue weighted by Gasteiger charge is -2.11. The minimum Gasteiger partial charge on any atom is -0.497 e. The second-order valence-electron chi connectivity index (χ2n) is 4.55. The molecule has 1 heterocycles. The molecule has 0 spiro atoms. The molecule has 114 valence electrons. The summed E-state index contributed by atoms with van der Waals surface area (Å²) in [6, 6.07) is 7.66. The summed E-state index contributed by atoms with van der Waals surface area (Å²) < 4.78 is 12.4. The van der Waals surface area contributed by atoms with Gasteiger partial charge < -0.3 is 19.1 Å². The summed E-state index contributed by atoms with van der Waals surface area (Å²) in [5.41, 5.74) is 1.05. The summed E-state index contributed by atoms with van der Waals surface area (Å²) >= 11 is 1.46. The molecule has 1 aromatic heterocycles. The number of thioether (sulfide) groups is 1. The average molecular weight is 309 g/mol. The van der Waals surface area contributed by atoms with E-state index in [-0.39, 0.29) is 6.61 Å². The van der Waals surface area contributed by atoms with E-state index >= 15 is 0 Å². The van der Waals surface area contributed by atoms with Crippen LogP contribution in [0.3, 0.4) is 0 Å². The van der Waals surface area contributed by atoms with Gasteiger partial charge >= 0.3 is 0 Å². The van der Waals surface area contributed by atoms with E-state index in [2.05, 4.69) is 10.2 Å². The molecule has 0 aliphatic rings. The Kier molecular flexibility index (Phi) is 6.04. The Balaban J connectivity index is 1.66. The fourth-order valence-electron chi connectivity index (χ4n) is 1.66. The van der Waals surface area contributed by atoms with Gasteiger partial charge in [0.2, 0.25) is 0 Å². The van der Waals surface area contributed by atoms with Crippen LogP contribution in [0.5, 0.6) is 5.75 Å². The van der Waals surface area contributed by atoms with Crippen molar-refractivity contribution in [2.24, 2.45) is 7.05 Å². The van der Waals surface area contributed by atoms with E-state index in [0.29, 0.717) is 12.4 Å². The van der Waals surface area contributed by atoms with Crippen LogP contribution < -0.4 is 4.74 Å². The van der Waals surface area contributed by atoms with Crippen LogP contribution in [-0.2, 0) is 18.4 Å². The molecule has 2 rings (SSSR count). The van der Waals surface area contributed by atoms with E-state index in [1.807, 2.05) is 35.9 Å².